The van der Waals surface area contributed by atoms with Crippen molar-refractivity contribution >= 4 is 11.6 Å². The zero-order chi connectivity index (χ0) is 14.1. The van der Waals surface area contributed by atoms with Crippen LogP contribution in [0, 0.1) is 0 Å². The van der Waals surface area contributed by atoms with Gasteiger partial charge in [0.05, 0.1) is 11.6 Å². The summed E-state index contributed by atoms with van der Waals surface area (Å²) in [5, 5.41) is 0.578. The van der Waals surface area contributed by atoms with Crippen LogP contribution in [0.5, 0.6) is 5.75 Å². The monoisotopic (exact) mass is 287 g/mol. The van der Waals surface area contributed by atoms with Gasteiger partial charge in [-0.1, -0.05) is 17.7 Å². The molecule has 108 valence electrons. The maximum absolute atomic E-state index is 6.12. The van der Waals surface area contributed by atoms with E-state index in [4.69, 9.17) is 31.5 Å². The molecule has 0 unspecified atom stereocenters. The zero-order valence-corrected chi connectivity index (χ0v) is 12.3. The van der Waals surface area contributed by atoms with Gasteiger partial charge >= 0.3 is 0 Å². The van der Waals surface area contributed by atoms with Crippen molar-refractivity contribution in [3.63, 3.8) is 0 Å². The Kier molecular flexibility index (Phi) is 7.82. The van der Waals surface area contributed by atoms with Gasteiger partial charge in [-0.05, 0) is 31.0 Å². The van der Waals surface area contributed by atoms with Crippen molar-refractivity contribution in [3.8, 4) is 5.75 Å². The lowest BCUT2D eigenvalue weighted by Gasteiger charge is -2.11. The van der Waals surface area contributed by atoms with E-state index in [-0.39, 0.29) is 6.04 Å². The van der Waals surface area contributed by atoms with Crippen molar-refractivity contribution < 1.29 is 14.2 Å². The maximum Gasteiger partial charge on any atom is 0.138 e. The summed E-state index contributed by atoms with van der Waals surface area (Å²) in [5.41, 5.74) is 6.78. The first-order valence-electron chi connectivity index (χ1n) is 6.39. The molecule has 0 radical (unpaired) electrons. The fourth-order valence-corrected chi connectivity index (χ4v) is 1.78. The number of halogens is 1. The summed E-state index contributed by atoms with van der Waals surface area (Å²) >= 11 is 6.12. The predicted octanol–water partition coefficient (Wildman–Crippen LogP) is 2.79. The molecule has 1 rings (SSSR count). The topological polar surface area (TPSA) is 53.7 Å². The highest BCUT2D eigenvalue weighted by Crippen LogP contribution is 2.27. The van der Waals surface area contributed by atoms with Gasteiger partial charge in [-0.2, -0.15) is 0 Å². The number of hydrogen-bond donors (Lipinski definition) is 1. The van der Waals surface area contributed by atoms with Crippen LogP contribution in [0.3, 0.4) is 0 Å². The molecule has 0 aliphatic carbocycles. The van der Waals surface area contributed by atoms with E-state index in [1.807, 2.05) is 25.1 Å². The summed E-state index contributed by atoms with van der Waals surface area (Å²) in [6.07, 6.45) is 0.889. The average molecular weight is 288 g/mol. The van der Waals surface area contributed by atoms with Crippen molar-refractivity contribution in [2.45, 2.75) is 19.4 Å². The number of ether oxygens (including phenoxy) is 3. The Hall–Kier alpha value is -0.810. The Balaban J connectivity index is 2.26. The number of rotatable bonds is 9. The molecule has 1 aromatic rings. The molecule has 0 aliphatic heterocycles. The van der Waals surface area contributed by atoms with Gasteiger partial charge in [0.1, 0.15) is 12.4 Å². The molecule has 0 saturated heterocycles. The summed E-state index contributed by atoms with van der Waals surface area (Å²) < 4.78 is 15.9. The summed E-state index contributed by atoms with van der Waals surface area (Å²) in [4.78, 5) is 0. The summed E-state index contributed by atoms with van der Waals surface area (Å²) in [7, 11) is 1.68. The second kappa shape index (κ2) is 9.15. The smallest absolute Gasteiger partial charge is 0.138 e. The van der Waals surface area contributed by atoms with E-state index in [2.05, 4.69) is 0 Å². The maximum atomic E-state index is 6.12. The highest BCUT2D eigenvalue weighted by molar-refractivity contribution is 6.32. The second-order valence-corrected chi connectivity index (χ2v) is 4.69. The van der Waals surface area contributed by atoms with Crippen LogP contribution in [0.4, 0.5) is 0 Å². The third-order valence-electron chi connectivity index (χ3n) is 2.60. The standard InChI is InChI=1S/C14H22ClNO3/c1-11(16)12-4-5-14(13(15)10-12)19-9-8-18-7-3-6-17-2/h4-5,10-11H,3,6-9,16H2,1-2H3/t11-/m0/s1. The van der Waals surface area contributed by atoms with Crippen LogP contribution >= 0.6 is 11.6 Å². The van der Waals surface area contributed by atoms with Gasteiger partial charge in [0.15, 0.2) is 0 Å². The van der Waals surface area contributed by atoms with Crippen molar-refractivity contribution in [2.75, 3.05) is 33.5 Å². The van der Waals surface area contributed by atoms with Gasteiger partial charge < -0.3 is 19.9 Å². The molecule has 4 nitrogen and oxygen atoms in total. The summed E-state index contributed by atoms with van der Waals surface area (Å²) in [5.74, 6) is 0.659. The SMILES string of the molecule is COCCCOCCOc1ccc([C@H](C)N)cc1Cl. The van der Waals surface area contributed by atoms with Crippen LogP contribution < -0.4 is 10.5 Å². The first-order valence-corrected chi connectivity index (χ1v) is 6.77. The molecule has 0 fully saturated rings. The van der Waals surface area contributed by atoms with Gasteiger partial charge in [-0.3, -0.25) is 0 Å². The lowest BCUT2D eigenvalue weighted by Crippen LogP contribution is -2.09. The third kappa shape index (κ3) is 6.25. The van der Waals surface area contributed by atoms with E-state index in [1.54, 1.807) is 7.11 Å². The van der Waals surface area contributed by atoms with Crippen LogP contribution in [0.1, 0.15) is 24.9 Å². The molecule has 0 amide bonds. The van der Waals surface area contributed by atoms with Crippen molar-refractivity contribution in [1.82, 2.24) is 0 Å². The Morgan fingerprint density at radius 3 is 2.63 bits per heavy atom. The minimum absolute atomic E-state index is 0.0318. The molecule has 0 bridgehead atoms. The van der Waals surface area contributed by atoms with E-state index in [1.165, 1.54) is 0 Å². The lowest BCUT2D eigenvalue weighted by atomic mass is 10.1. The van der Waals surface area contributed by atoms with Gasteiger partial charge in [-0.25, -0.2) is 0 Å². The normalized spacial score (nSPS) is 12.4. The van der Waals surface area contributed by atoms with E-state index in [0.29, 0.717) is 37.2 Å². The van der Waals surface area contributed by atoms with Gasteiger partial charge in [0.25, 0.3) is 0 Å². The lowest BCUT2D eigenvalue weighted by molar-refractivity contribution is 0.0806. The molecular formula is C14H22ClNO3. The summed E-state index contributed by atoms with van der Waals surface area (Å²) in [6.45, 7) is 4.32. The van der Waals surface area contributed by atoms with Gasteiger partial charge in [0.2, 0.25) is 0 Å². The average Bonchev–Trinajstić information content (AvgIpc) is 2.39. The molecule has 0 spiro atoms. The first-order chi connectivity index (χ1) is 9.15. The molecule has 5 heteroatoms. The highest BCUT2D eigenvalue weighted by atomic mass is 35.5. The van der Waals surface area contributed by atoms with Crippen LogP contribution in [0.15, 0.2) is 18.2 Å². The van der Waals surface area contributed by atoms with Crippen molar-refractivity contribution in [1.29, 1.82) is 0 Å². The molecule has 19 heavy (non-hydrogen) atoms. The number of benzene rings is 1. The molecule has 1 atom stereocenters. The molecule has 0 aliphatic rings. The Morgan fingerprint density at radius 2 is 2.00 bits per heavy atom. The van der Waals surface area contributed by atoms with Crippen LogP contribution in [-0.4, -0.2) is 33.5 Å². The minimum Gasteiger partial charge on any atom is -0.490 e. The van der Waals surface area contributed by atoms with Crippen LogP contribution in [0.25, 0.3) is 0 Å². The Morgan fingerprint density at radius 1 is 1.21 bits per heavy atom. The molecule has 2 N–H and O–H groups in total. The first kappa shape index (κ1) is 16.2. The number of nitrogens with two attached hydrogens (primary N) is 1. The molecular weight excluding hydrogens is 266 g/mol. The Bertz CT molecular complexity index is 372. The largest absolute Gasteiger partial charge is 0.490 e. The minimum atomic E-state index is -0.0318. The van der Waals surface area contributed by atoms with E-state index in [0.717, 1.165) is 12.0 Å². The fourth-order valence-electron chi connectivity index (χ4n) is 1.54. The van der Waals surface area contributed by atoms with Crippen molar-refractivity contribution in [2.24, 2.45) is 5.73 Å². The van der Waals surface area contributed by atoms with E-state index < -0.39 is 0 Å². The second-order valence-electron chi connectivity index (χ2n) is 4.29. The third-order valence-corrected chi connectivity index (χ3v) is 2.90. The zero-order valence-electron chi connectivity index (χ0n) is 11.5. The summed E-state index contributed by atoms with van der Waals surface area (Å²) in [6, 6.07) is 5.56. The van der Waals surface area contributed by atoms with Crippen LogP contribution in [0.2, 0.25) is 5.02 Å². The number of hydrogen-bond acceptors (Lipinski definition) is 4. The highest BCUT2D eigenvalue weighted by Gasteiger charge is 2.05. The Labute approximate surface area is 119 Å². The van der Waals surface area contributed by atoms with Crippen molar-refractivity contribution in [3.05, 3.63) is 28.8 Å². The predicted molar refractivity (Wildman–Crippen MR) is 76.9 cm³/mol. The molecule has 0 heterocycles. The van der Waals surface area contributed by atoms with Gasteiger partial charge in [0, 0.05) is 26.4 Å². The molecule has 0 aromatic heterocycles. The number of methoxy groups -OCH3 is 1. The van der Waals surface area contributed by atoms with E-state index in [9.17, 15) is 0 Å². The van der Waals surface area contributed by atoms with E-state index >= 15 is 0 Å². The van der Waals surface area contributed by atoms with Crippen LogP contribution in [-0.2, 0) is 9.47 Å². The van der Waals surface area contributed by atoms with Gasteiger partial charge in [-0.15, -0.1) is 0 Å². The fraction of sp³-hybridized carbons (Fsp3) is 0.571. The molecule has 1 aromatic carbocycles. The molecule has 0 saturated carbocycles. The quantitative estimate of drug-likeness (QED) is 0.710.